The summed E-state index contributed by atoms with van der Waals surface area (Å²) >= 11 is 5.54. The van der Waals surface area contributed by atoms with Gasteiger partial charge in [0.05, 0.1) is 0 Å². The zero-order valence-electron chi connectivity index (χ0n) is 8.95. The zero-order chi connectivity index (χ0) is 11.5. The number of benzene rings is 1. The number of hydrogen-bond acceptors (Lipinski definition) is 2. The number of nitrogens with zero attached hydrogens (tertiary/aromatic N) is 1. The standard InChI is InChI=1S/C12H14ClNO2/c13-8-12(16)14-5-3-9-1-2-11(15)7-10(9)4-6-14/h1-2,7,15H,3-6,8H2. The first-order chi connectivity index (χ1) is 7.70. The molecular weight excluding hydrogens is 226 g/mol. The Balaban J connectivity index is 2.15. The van der Waals surface area contributed by atoms with Gasteiger partial charge in [0, 0.05) is 13.1 Å². The van der Waals surface area contributed by atoms with Crippen LogP contribution in [0.5, 0.6) is 5.75 Å². The third kappa shape index (κ3) is 2.30. The Morgan fingerprint density at radius 1 is 1.31 bits per heavy atom. The minimum atomic E-state index is -0.0151. The van der Waals surface area contributed by atoms with Crippen LogP contribution < -0.4 is 0 Å². The van der Waals surface area contributed by atoms with Gasteiger partial charge in [0.2, 0.25) is 5.91 Å². The van der Waals surface area contributed by atoms with Gasteiger partial charge in [0.15, 0.2) is 0 Å². The average Bonchev–Trinajstić information content (AvgIpc) is 2.50. The lowest BCUT2D eigenvalue weighted by molar-refractivity contribution is -0.128. The van der Waals surface area contributed by atoms with Crippen LogP contribution in [-0.4, -0.2) is 34.9 Å². The predicted octanol–water partition coefficient (Wildman–Crippen LogP) is 1.56. The maximum atomic E-state index is 11.5. The van der Waals surface area contributed by atoms with Gasteiger partial charge in [-0.05, 0) is 36.1 Å². The van der Waals surface area contributed by atoms with Crippen molar-refractivity contribution < 1.29 is 9.90 Å². The molecule has 0 atom stereocenters. The van der Waals surface area contributed by atoms with Crippen LogP contribution >= 0.6 is 11.6 Å². The molecule has 2 rings (SSSR count). The summed E-state index contributed by atoms with van der Waals surface area (Å²) in [7, 11) is 0. The van der Waals surface area contributed by atoms with E-state index in [2.05, 4.69) is 0 Å². The molecule has 1 aromatic carbocycles. The molecule has 0 saturated heterocycles. The first-order valence-corrected chi connectivity index (χ1v) is 5.88. The number of aromatic hydroxyl groups is 1. The highest BCUT2D eigenvalue weighted by molar-refractivity contribution is 6.27. The normalized spacial score (nSPS) is 15.4. The number of fused-ring (bicyclic) bond motifs is 1. The number of alkyl halides is 1. The Bertz CT molecular complexity index is 406. The molecule has 0 bridgehead atoms. The van der Waals surface area contributed by atoms with Crippen molar-refractivity contribution in [3.05, 3.63) is 29.3 Å². The van der Waals surface area contributed by atoms with E-state index in [1.54, 1.807) is 17.0 Å². The van der Waals surface area contributed by atoms with Gasteiger partial charge in [-0.1, -0.05) is 6.07 Å². The third-order valence-corrected chi connectivity index (χ3v) is 3.19. The van der Waals surface area contributed by atoms with E-state index in [0.29, 0.717) is 13.1 Å². The number of amides is 1. The zero-order valence-corrected chi connectivity index (χ0v) is 9.70. The van der Waals surface area contributed by atoms with Gasteiger partial charge in [-0.2, -0.15) is 0 Å². The number of carbonyl (C=O) groups excluding carboxylic acids is 1. The lowest BCUT2D eigenvalue weighted by Crippen LogP contribution is -2.34. The molecule has 4 heteroatoms. The third-order valence-electron chi connectivity index (χ3n) is 2.96. The van der Waals surface area contributed by atoms with E-state index in [1.165, 1.54) is 5.56 Å². The molecule has 0 fully saturated rings. The van der Waals surface area contributed by atoms with E-state index in [4.69, 9.17) is 11.6 Å². The van der Waals surface area contributed by atoms with Crippen molar-refractivity contribution in [2.45, 2.75) is 12.8 Å². The van der Waals surface area contributed by atoms with Gasteiger partial charge in [-0.25, -0.2) is 0 Å². The average molecular weight is 240 g/mol. The van der Waals surface area contributed by atoms with Crippen LogP contribution in [0.1, 0.15) is 11.1 Å². The molecule has 1 N–H and O–H groups in total. The summed E-state index contributed by atoms with van der Waals surface area (Å²) in [5, 5.41) is 9.40. The van der Waals surface area contributed by atoms with Crippen molar-refractivity contribution in [3.8, 4) is 5.75 Å². The molecule has 86 valence electrons. The molecule has 0 saturated carbocycles. The summed E-state index contributed by atoms with van der Waals surface area (Å²) in [5.41, 5.74) is 2.34. The minimum Gasteiger partial charge on any atom is -0.508 e. The van der Waals surface area contributed by atoms with Crippen molar-refractivity contribution >= 4 is 17.5 Å². The highest BCUT2D eigenvalue weighted by Crippen LogP contribution is 2.20. The fraction of sp³-hybridized carbons (Fsp3) is 0.417. The second kappa shape index (κ2) is 4.74. The quantitative estimate of drug-likeness (QED) is 0.756. The number of phenols is 1. The van der Waals surface area contributed by atoms with Gasteiger partial charge in [-0.3, -0.25) is 4.79 Å². The molecule has 16 heavy (non-hydrogen) atoms. The smallest absolute Gasteiger partial charge is 0.237 e. The molecule has 1 amide bonds. The molecule has 0 aliphatic carbocycles. The van der Waals surface area contributed by atoms with Crippen LogP contribution in [0.25, 0.3) is 0 Å². The van der Waals surface area contributed by atoms with Gasteiger partial charge in [0.25, 0.3) is 0 Å². The number of hydrogen-bond donors (Lipinski definition) is 1. The second-order valence-electron chi connectivity index (χ2n) is 3.97. The maximum absolute atomic E-state index is 11.5. The van der Waals surface area contributed by atoms with E-state index in [-0.39, 0.29) is 17.5 Å². The van der Waals surface area contributed by atoms with Crippen molar-refractivity contribution in [1.29, 1.82) is 0 Å². The summed E-state index contributed by atoms with van der Waals surface area (Å²) in [6.07, 6.45) is 1.62. The Hall–Kier alpha value is -1.22. The number of halogens is 1. The van der Waals surface area contributed by atoms with E-state index in [1.807, 2.05) is 6.07 Å². The van der Waals surface area contributed by atoms with E-state index in [9.17, 15) is 9.90 Å². The molecule has 0 aromatic heterocycles. The highest BCUT2D eigenvalue weighted by atomic mass is 35.5. The molecule has 1 aliphatic rings. The first kappa shape index (κ1) is 11.3. The fourth-order valence-electron chi connectivity index (χ4n) is 2.05. The van der Waals surface area contributed by atoms with Crippen LogP contribution in [0.15, 0.2) is 18.2 Å². The second-order valence-corrected chi connectivity index (χ2v) is 4.23. The van der Waals surface area contributed by atoms with Crippen LogP contribution in [-0.2, 0) is 17.6 Å². The van der Waals surface area contributed by atoms with Crippen LogP contribution in [0, 0.1) is 0 Å². The molecule has 0 unspecified atom stereocenters. The summed E-state index contributed by atoms with van der Waals surface area (Å²) in [5.74, 6) is 0.316. The van der Waals surface area contributed by atoms with E-state index < -0.39 is 0 Å². The van der Waals surface area contributed by atoms with Crippen LogP contribution in [0.3, 0.4) is 0 Å². The van der Waals surface area contributed by atoms with E-state index >= 15 is 0 Å². The highest BCUT2D eigenvalue weighted by Gasteiger charge is 2.17. The SMILES string of the molecule is O=C(CCl)N1CCc2ccc(O)cc2CC1. The summed E-state index contributed by atoms with van der Waals surface area (Å²) in [4.78, 5) is 13.3. The van der Waals surface area contributed by atoms with E-state index in [0.717, 1.165) is 18.4 Å². The topological polar surface area (TPSA) is 40.5 Å². The molecule has 1 aliphatic heterocycles. The molecule has 1 heterocycles. The molecule has 0 spiro atoms. The van der Waals surface area contributed by atoms with Crippen LogP contribution in [0.4, 0.5) is 0 Å². The largest absolute Gasteiger partial charge is 0.508 e. The maximum Gasteiger partial charge on any atom is 0.237 e. The van der Waals surface area contributed by atoms with Crippen molar-refractivity contribution in [3.63, 3.8) is 0 Å². The molecule has 1 aromatic rings. The predicted molar refractivity (Wildman–Crippen MR) is 62.8 cm³/mol. The minimum absolute atomic E-state index is 0.0151. The summed E-state index contributed by atoms with van der Waals surface area (Å²) in [6.45, 7) is 1.39. The number of rotatable bonds is 1. The lowest BCUT2D eigenvalue weighted by atomic mass is 10.0. The summed E-state index contributed by atoms with van der Waals surface area (Å²) in [6, 6.07) is 5.40. The van der Waals surface area contributed by atoms with Gasteiger partial charge in [0.1, 0.15) is 11.6 Å². The fourth-order valence-corrected chi connectivity index (χ4v) is 2.21. The lowest BCUT2D eigenvalue weighted by Gasteiger charge is -2.18. The first-order valence-electron chi connectivity index (χ1n) is 5.35. The molecule has 3 nitrogen and oxygen atoms in total. The van der Waals surface area contributed by atoms with Crippen molar-refractivity contribution in [2.24, 2.45) is 0 Å². The van der Waals surface area contributed by atoms with Crippen molar-refractivity contribution in [1.82, 2.24) is 4.90 Å². The van der Waals surface area contributed by atoms with Gasteiger partial charge < -0.3 is 10.0 Å². The Morgan fingerprint density at radius 3 is 2.69 bits per heavy atom. The number of carbonyl (C=O) groups is 1. The van der Waals surface area contributed by atoms with Crippen molar-refractivity contribution in [2.75, 3.05) is 19.0 Å². The number of phenolic OH excluding ortho intramolecular Hbond substituents is 1. The Kier molecular flexibility index (Phi) is 3.34. The Morgan fingerprint density at radius 2 is 2.00 bits per heavy atom. The van der Waals surface area contributed by atoms with Crippen LogP contribution in [0.2, 0.25) is 0 Å². The Labute approximate surface area is 99.6 Å². The van der Waals surface area contributed by atoms with Gasteiger partial charge in [-0.15, -0.1) is 11.6 Å². The monoisotopic (exact) mass is 239 g/mol. The molecule has 0 radical (unpaired) electrons. The molecular formula is C12H14ClNO2. The summed E-state index contributed by atoms with van der Waals surface area (Å²) < 4.78 is 0. The van der Waals surface area contributed by atoms with Gasteiger partial charge >= 0.3 is 0 Å².